The third-order valence-electron chi connectivity index (χ3n) is 8.02. The van der Waals surface area contributed by atoms with Crippen LogP contribution in [0.4, 0.5) is 26.3 Å². The molecule has 8 nitrogen and oxygen atoms in total. The van der Waals surface area contributed by atoms with E-state index in [0.29, 0.717) is 24.3 Å². The molecule has 6 rings (SSSR count). The molecule has 0 aromatic heterocycles. The van der Waals surface area contributed by atoms with Crippen molar-refractivity contribution in [3.63, 3.8) is 0 Å². The van der Waals surface area contributed by atoms with Gasteiger partial charge in [0.2, 0.25) is 5.41 Å². The largest absolute Gasteiger partial charge is 0.457 e. The average molecular weight is 655 g/mol. The van der Waals surface area contributed by atoms with E-state index in [1.807, 2.05) is 0 Å². The minimum atomic E-state index is -5.85. The molecular formula is C33H20F6N2O6. The number of hydrogen-bond donors (Lipinski definition) is 0. The summed E-state index contributed by atoms with van der Waals surface area (Å²) in [4.78, 5) is 50.6. The fourth-order valence-corrected chi connectivity index (χ4v) is 5.61. The van der Waals surface area contributed by atoms with Crippen molar-refractivity contribution >= 4 is 23.6 Å². The smallest absolute Gasteiger partial charge is 0.411 e. The third kappa shape index (κ3) is 4.87. The number of benzene rings is 4. The Kier molecular flexibility index (Phi) is 7.14. The number of hydrogen-bond acceptors (Lipinski definition) is 6. The van der Waals surface area contributed by atoms with Gasteiger partial charge in [-0.3, -0.25) is 29.0 Å². The van der Waals surface area contributed by atoms with E-state index in [1.54, 1.807) is 0 Å². The standard InChI is InChI=1S/C33H20F6N2O6/c1-40-27(42)23-13-11-21(15-25(23)29(40)44)46-19-7-3-17(4-8-19)31(32(34,35)36,33(37,38)39)18-5-9-20(10-6-18)47-22-12-14-24-26(16-22)30(45)41(2)28(24)43/h3-16H,1-2H3. The molecule has 240 valence electrons. The molecule has 0 unspecified atom stereocenters. The molecule has 0 N–H and O–H groups in total. The van der Waals surface area contributed by atoms with Gasteiger partial charge in [-0.2, -0.15) is 26.3 Å². The van der Waals surface area contributed by atoms with Crippen LogP contribution in [0.3, 0.4) is 0 Å². The summed E-state index contributed by atoms with van der Waals surface area (Å²) in [5.41, 5.74) is -6.39. The molecule has 4 amide bonds. The van der Waals surface area contributed by atoms with Gasteiger partial charge in [0.05, 0.1) is 22.3 Å². The second-order valence-electron chi connectivity index (χ2n) is 10.8. The topological polar surface area (TPSA) is 93.2 Å². The van der Waals surface area contributed by atoms with Gasteiger partial charge >= 0.3 is 12.4 Å². The first-order valence-electron chi connectivity index (χ1n) is 13.7. The van der Waals surface area contributed by atoms with Crippen LogP contribution in [0.1, 0.15) is 52.6 Å². The number of imide groups is 2. The summed E-state index contributed by atoms with van der Waals surface area (Å²) in [5, 5.41) is 0. The van der Waals surface area contributed by atoms with Crippen molar-refractivity contribution in [2.45, 2.75) is 17.8 Å². The quantitative estimate of drug-likeness (QED) is 0.162. The molecule has 4 aromatic rings. The van der Waals surface area contributed by atoms with Gasteiger partial charge in [-0.05, 0) is 71.8 Å². The summed E-state index contributed by atoms with van der Waals surface area (Å²) in [6.07, 6.45) is -11.7. The number of carbonyl (C=O) groups is 4. The van der Waals surface area contributed by atoms with E-state index in [9.17, 15) is 45.5 Å². The molecule has 0 bridgehead atoms. The van der Waals surface area contributed by atoms with E-state index in [2.05, 4.69) is 0 Å². The van der Waals surface area contributed by atoms with E-state index in [4.69, 9.17) is 9.47 Å². The minimum Gasteiger partial charge on any atom is -0.457 e. The fraction of sp³-hybridized carbons (Fsp3) is 0.152. The number of halogens is 6. The average Bonchev–Trinajstić information content (AvgIpc) is 3.36. The van der Waals surface area contributed by atoms with Gasteiger partial charge in [-0.25, -0.2) is 0 Å². The Morgan fingerprint density at radius 1 is 0.447 bits per heavy atom. The lowest BCUT2D eigenvalue weighted by Gasteiger charge is -2.38. The Bertz CT molecular complexity index is 1830. The highest BCUT2D eigenvalue weighted by molar-refractivity contribution is 6.22. The summed E-state index contributed by atoms with van der Waals surface area (Å²) in [6, 6.07) is 14.2. The van der Waals surface area contributed by atoms with Crippen molar-refractivity contribution in [2.24, 2.45) is 0 Å². The second-order valence-corrected chi connectivity index (χ2v) is 10.8. The Hall–Kier alpha value is -5.66. The summed E-state index contributed by atoms with van der Waals surface area (Å²) >= 11 is 0. The third-order valence-corrected chi connectivity index (χ3v) is 8.02. The van der Waals surface area contributed by atoms with Crippen LogP contribution in [0.15, 0.2) is 84.9 Å². The Labute approximate surface area is 261 Å². The van der Waals surface area contributed by atoms with Gasteiger partial charge in [0, 0.05) is 14.1 Å². The lowest BCUT2D eigenvalue weighted by molar-refractivity contribution is -0.288. The number of nitrogens with zero attached hydrogens (tertiary/aromatic N) is 2. The molecule has 2 aliphatic rings. The van der Waals surface area contributed by atoms with Crippen molar-refractivity contribution in [2.75, 3.05) is 14.1 Å². The highest BCUT2D eigenvalue weighted by atomic mass is 19.4. The summed E-state index contributed by atoms with van der Waals surface area (Å²) in [5.74, 6) is -2.41. The molecule has 0 saturated carbocycles. The SMILES string of the molecule is CN1C(=O)c2ccc(Oc3ccc(C(c4ccc(Oc5ccc6c(c5)C(=O)N(C)C6=O)cc4)(C(F)(F)F)C(F)(F)F)cc3)cc2C1=O. The second kappa shape index (κ2) is 10.7. The maximum Gasteiger partial charge on any atom is 0.411 e. The van der Waals surface area contributed by atoms with Gasteiger partial charge < -0.3 is 9.47 Å². The highest BCUT2D eigenvalue weighted by Crippen LogP contribution is 2.56. The molecule has 14 heteroatoms. The zero-order valence-electron chi connectivity index (χ0n) is 24.2. The molecule has 0 spiro atoms. The van der Waals surface area contributed by atoms with Crippen molar-refractivity contribution in [3.8, 4) is 23.0 Å². The van der Waals surface area contributed by atoms with Crippen molar-refractivity contribution in [3.05, 3.63) is 118 Å². The van der Waals surface area contributed by atoms with Crippen LogP contribution in [0, 0.1) is 0 Å². The Balaban J connectivity index is 1.30. The van der Waals surface area contributed by atoms with Gasteiger partial charge in [-0.15, -0.1) is 0 Å². The van der Waals surface area contributed by atoms with Crippen LogP contribution in [0.25, 0.3) is 0 Å². The predicted octanol–water partition coefficient (Wildman–Crippen LogP) is 7.13. The van der Waals surface area contributed by atoms with Crippen LogP contribution in [0.5, 0.6) is 23.0 Å². The first-order valence-corrected chi connectivity index (χ1v) is 13.7. The molecule has 0 aliphatic carbocycles. The van der Waals surface area contributed by atoms with Crippen molar-refractivity contribution < 1.29 is 55.0 Å². The molecule has 0 fully saturated rings. The lowest BCUT2D eigenvalue weighted by Crippen LogP contribution is -2.54. The van der Waals surface area contributed by atoms with E-state index in [-0.39, 0.29) is 45.3 Å². The molecule has 2 heterocycles. The number of fused-ring (bicyclic) bond motifs is 2. The maximum absolute atomic E-state index is 14.7. The van der Waals surface area contributed by atoms with Gasteiger partial charge in [0.25, 0.3) is 23.6 Å². The number of alkyl halides is 6. The zero-order valence-corrected chi connectivity index (χ0v) is 24.2. The van der Waals surface area contributed by atoms with E-state index >= 15 is 0 Å². The fourth-order valence-electron chi connectivity index (χ4n) is 5.61. The zero-order chi connectivity index (χ0) is 34.1. The molecule has 2 aliphatic heterocycles. The van der Waals surface area contributed by atoms with Crippen LogP contribution < -0.4 is 9.47 Å². The number of carbonyl (C=O) groups excluding carboxylic acids is 4. The van der Waals surface area contributed by atoms with E-state index < -0.39 is 52.5 Å². The minimum absolute atomic E-state index is 0.0350. The van der Waals surface area contributed by atoms with Crippen LogP contribution in [-0.4, -0.2) is 59.9 Å². The van der Waals surface area contributed by atoms with E-state index in [0.717, 1.165) is 34.1 Å². The van der Waals surface area contributed by atoms with Crippen molar-refractivity contribution in [1.82, 2.24) is 9.80 Å². The number of amides is 4. The molecule has 0 radical (unpaired) electrons. The van der Waals surface area contributed by atoms with Crippen LogP contribution in [-0.2, 0) is 5.41 Å². The van der Waals surface area contributed by atoms with Gasteiger partial charge in [-0.1, -0.05) is 24.3 Å². The van der Waals surface area contributed by atoms with Gasteiger partial charge in [0.1, 0.15) is 23.0 Å². The first kappa shape index (κ1) is 31.3. The lowest BCUT2D eigenvalue weighted by atomic mass is 9.73. The van der Waals surface area contributed by atoms with Crippen LogP contribution in [0.2, 0.25) is 0 Å². The summed E-state index contributed by atoms with van der Waals surface area (Å²) < 4.78 is 99.3. The maximum atomic E-state index is 14.7. The number of ether oxygens (including phenoxy) is 2. The Morgan fingerprint density at radius 2 is 0.745 bits per heavy atom. The monoisotopic (exact) mass is 654 g/mol. The van der Waals surface area contributed by atoms with Crippen molar-refractivity contribution in [1.29, 1.82) is 0 Å². The number of rotatable bonds is 6. The van der Waals surface area contributed by atoms with Gasteiger partial charge in [0.15, 0.2) is 0 Å². The summed E-state index contributed by atoms with van der Waals surface area (Å²) in [6.45, 7) is 0. The molecule has 4 aromatic carbocycles. The molecular weight excluding hydrogens is 634 g/mol. The molecule has 47 heavy (non-hydrogen) atoms. The highest BCUT2D eigenvalue weighted by Gasteiger charge is 2.72. The Morgan fingerprint density at radius 3 is 1.06 bits per heavy atom. The van der Waals surface area contributed by atoms with Crippen LogP contribution >= 0.6 is 0 Å². The normalized spacial score (nSPS) is 14.9. The molecule has 0 saturated heterocycles. The molecule has 0 atom stereocenters. The predicted molar refractivity (Wildman–Crippen MR) is 152 cm³/mol. The summed E-state index contributed by atoms with van der Waals surface area (Å²) in [7, 11) is 2.58. The first-order chi connectivity index (χ1) is 22.0. The van der Waals surface area contributed by atoms with E-state index in [1.165, 1.54) is 50.5 Å².